The summed E-state index contributed by atoms with van der Waals surface area (Å²) < 4.78 is 18.4. The molecular weight excluding hydrogens is 398 g/mol. The van der Waals surface area contributed by atoms with E-state index in [0.29, 0.717) is 45.0 Å². The fourth-order valence-electron chi connectivity index (χ4n) is 4.99. The van der Waals surface area contributed by atoms with E-state index in [1.54, 1.807) is 0 Å². The Balaban J connectivity index is 1.47. The number of nitrogens with zero attached hydrogens (tertiary/aromatic N) is 2. The monoisotopic (exact) mass is 433 g/mol. The Labute approximate surface area is 184 Å². The molecule has 1 unspecified atom stereocenters. The molecule has 1 atom stereocenters. The number of nitrogens with one attached hydrogen (secondary N) is 1. The lowest BCUT2D eigenvalue weighted by Crippen LogP contribution is -2.40. The van der Waals surface area contributed by atoms with Crippen molar-refractivity contribution in [1.29, 1.82) is 0 Å². The average Bonchev–Trinajstić information content (AvgIpc) is 3.06. The number of carbonyl (C=O) groups is 2. The molecule has 4 rings (SSSR count). The van der Waals surface area contributed by atoms with E-state index in [-0.39, 0.29) is 29.1 Å². The number of esters is 1. The van der Waals surface area contributed by atoms with Crippen LogP contribution in [0.2, 0.25) is 0 Å². The molecule has 8 nitrogen and oxygen atoms in total. The highest BCUT2D eigenvalue weighted by atomic mass is 16.5. The smallest absolute Gasteiger partial charge is 0.309 e. The first-order chi connectivity index (χ1) is 15.0. The second-order valence-electron chi connectivity index (χ2n) is 9.39. The van der Waals surface area contributed by atoms with Gasteiger partial charge in [-0.1, -0.05) is 6.92 Å². The molecule has 2 saturated heterocycles. The first-order valence-electron chi connectivity index (χ1n) is 11.7. The molecule has 1 N–H and O–H groups in total. The lowest BCUT2D eigenvalue weighted by atomic mass is 9.75. The molecule has 0 aliphatic carbocycles. The first-order valence-corrected chi connectivity index (χ1v) is 11.7. The van der Waals surface area contributed by atoms with Crippen molar-refractivity contribution in [2.24, 2.45) is 17.3 Å². The topological polar surface area (TPSA) is 91.7 Å². The molecule has 1 amide bonds. The number of hydrogen-bond acceptors (Lipinski definition) is 6. The normalized spacial score (nSPS) is 22.5. The second kappa shape index (κ2) is 9.69. The molecule has 8 heteroatoms. The van der Waals surface area contributed by atoms with Crippen LogP contribution >= 0.6 is 0 Å². The maximum Gasteiger partial charge on any atom is 0.309 e. The van der Waals surface area contributed by atoms with Crippen molar-refractivity contribution in [3.8, 4) is 0 Å². The van der Waals surface area contributed by atoms with Crippen LogP contribution in [0.4, 0.5) is 0 Å². The van der Waals surface area contributed by atoms with Gasteiger partial charge >= 0.3 is 5.97 Å². The number of aromatic nitrogens is 2. The molecule has 1 aromatic rings. The van der Waals surface area contributed by atoms with Crippen LogP contribution in [0.15, 0.2) is 0 Å². The van der Waals surface area contributed by atoms with E-state index >= 15 is 0 Å². The minimum absolute atomic E-state index is 0.0300. The summed E-state index contributed by atoms with van der Waals surface area (Å²) >= 11 is 0. The van der Waals surface area contributed by atoms with E-state index in [1.807, 2.05) is 11.6 Å². The predicted molar refractivity (Wildman–Crippen MR) is 114 cm³/mol. The highest BCUT2D eigenvalue weighted by Crippen LogP contribution is 2.38. The van der Waals surface area contributed by atoms with Crippen LogP contribution in [0.1, 0.15) is 61.3 Å². The van der Waals surface area contributed by atoms with E-state index in [1.165, 1.54) is 0 Å². The van der Waals surface area contributed by atoms with Crippen LogP contribution in [0.5, 0.6) is 0 Å². The van der Waals surface area contributed by atoms with Crippen molar-refractivity contribution in [3.63, 3.8) is 0 Å². The molecule has 3 aliphatic heterocycles. The van der Waals surface area contributed by atoms with Gasteiger partial charge in [-0.05, 0) is 56.8 Å². The molecular formula is C23H35N3O5. The van der Waals surface area contributed by atoms with Crippen molar-refractivity contribution in [3.05, 3.63) is 17.0 Å². The Morgan fingerprint density at radius 3 is 2.68 bits per heavy atom. The summed E-state index contributed by atoms with van der Waals surface area (Å²) in [5.41, 5.74) is 2.77. The maximum absolute atomic E-state index is 12.9. The summed E-state index contributed by atoms with van der Waals surface area (Å²) in [5.74, 6) is -0.0650. The quantitative estimate of drug-likeness (QED) is 0.691. The number of amides is 1. The number of hydrogen-bond donors (Lipinski definition) is 1. The zero-order chi connectivity index (χ0) is 21.8. The maximum atomic E-state index is 12.9. The van der Waals surface area contributed by atoms with Crippen LogP contribution in [0.25, 0.3) is 0 Å². The minimum atomic E-state index is -0.117. The summed E-state index contributed by atoms with van der Waals surface area (Å²) in [6, 6.07) is 0. The number of carbonyl (C=O) groups excluding carboxylic acids is 2. The van der Waals surface area contributed by atoms with Gasteiger partial charge in [0.15, 0.2) is 0 Å². The van der Waals surface area contributed by atoms with Gasteiger partial charge in [-0.25, -0.2) is 0 Å². The highest BCUT2D eigenvalue weighted by Gasteiger charge is 2.39. The number of aryl methyl sites for hydroxylation is 1. The van der Waals surface area contributed by atoms with Gasteiger partial charge in [0, 0.05) is 45.1 Å². The van der Waals surface area contributed by atoms with E-state index in [0.717, 1.165) is 56.6 Å². The molecule has 31 heavy (non-hydrogen) atoms. The van der Waals surface area contributed by atoms with Crippen LogP contribution < -0.4 is 5.32 Å². The molecule has 0 saturated carbocycles. The molecule has 4 heterocycles. The number of fused-ring (bicyclic) bond motifs is 1. The van der Waals surface area contributed by atoms with Crippen LogP contribution in [-0.2, 0) is 38.4 Å². The third-order valence-corrected chi connectivity index (χ3v) is 6.98. The van der Waals surface area contributed by atoms with Crippen molar-refractivity contribution < 1.29 is 23.8 Å². The van der Waals surface area contributed by atoms with E-state index < -0.39 is 0 Å². The molecule has 0 radical (unpaired) electrons. The Hall–Kier alpha value is -1.93. The van der Waals surface area contributed by atoms with E-state index in [9.17, 15) is 9.59 Å². The Bertz CT molecular complexity index is 793. The van der Waals surface area contributed by atoms with Crippen LogP contribution in [-0.4, -0.2) is 61.2 Å². The largest absolute Gasteiger partial charge is 0.465 e. The molecule has 1 spiro atoms. The predicted octanol–water partition coefficient (Wildman–Crippen LogP) is 2.13. The molecule has 1 aromatic heterocycles. The van der Waals surface area contributed by atoms with Crippen molar-refractivity contribution >= 4 is 11.9 Å². The van der Waals surface area contributed by atoms with Gasteiger partial charge in [0.2, 0.25) is 0 Å². The van der Waals surface area contributed by atoms with Gasteiger partial charge in [0.1, 0.15) is 5.69 Å². The molecule has 172 valence electrons. The summed E-state index contributed by atoms with van der Waals surface area (Å²) in [6.45, 7) is 8.53. The van der Waals surface area contributed by atoms with E-state index in [4.69, 9.17) is 19.3 Å². The molecule has 0 aromatic carbocycles. The summed E-state index contributed by atoms with van der Waals surface area (Å²) in [7, 11) is 0. The van der Waals surface area contributed by atoms with Gasteiger partial charge in [-0.3, -0.25) is 14.3 Å². The summed E-state index contributed by atoms with van der Waals surface area (Å²) in [6.07, 6.45) is 4.90. The van der Waals surface area contributed by atoms with Gasteiger partial charge in [-0.15, -0.1) is 0 Å². The average molecular weight is 434 g/mol. The standard InChI is InChI=1S/C23H35N3O5/c1-3-26-20-18(13-23(15-24-21(20)27)6-10-30-11-7-23)19(25-26)12-16(2)14-31-22(28)17-4-8-29-9-5-17/h16-17H,3-15H2,1-2H3,(H,24,27). The fourth-order valence-corrected chi connectivity index (χ4v) is 4.99. The third kappa shape index (κ3) is 4.95. The van der Waals surface area contributed by atoms with Crippen molar-refractivity contribution in [2.75, 3.05) is 39.6 Å². The van der Waals surface area contributed by atoms with E-state index in [2.05, 4.69) is 12.2 Å². The van der Waals surface area contributed by atoms with Crippen molar-refractivity contribution in [1.82, 2.24) is 15.1 Å². The Morgan fingerprint density at radius 1 is 1.26 bits per heavy atom. The minimum Gasteiger partial charge on any atom is -0.465 e. The van der Waals surface area contributed by atoms with Gasteiger partial charge < -0.3 is 19.5 Å². The fraction of sp³-hybridized carbons (Fsp3) is 0.783. The van der Waals surface area contributed by atoms with Crippen molar-refractivity contribution in [2.45, 2.75) is 58.9 Å². The lowest BCUT2D eigenvalue weighted by Gasteiger charge is -2.36. The third-order valence-electron chi connectivity index (χ3n) is 6.98. The van der Waals surface area contributed by atoms with Gasteiger partial charge in [-0.2, -0.15) is 5.10 Å². The zero-order valence-corrected chi connectivity index (χ0v) is 18.8. The molecule has 3 aliphatic rings. The molecule has 0 bridgehead atoms. The van der Waals surface area contributed by atoms with Crippen LogP contribution in [0.3, 0.4) is 0 Å². The SMILES string of the molecule is CCn1nc(CC(C)COC(=O)C2CCOCC2)c2c1C(=O)NCC1(CCOCC1)C2. The van der Waals surface area contributed by atoms with Gasteiger partial charge in [0.05, 0.1) is 18.2 Å². The summed E-state index contributed by atoms with van der Waals surface area (Å²) in [4.78, 5) is 25.3. The lowest BCUT2D eigenvalue weighted by molar-refractivity contribution is -0.152. The second-order valence-corrected chi connectivity index (χ2v) is 9.39. The first kappa shape index (κ1) is 22.3. The zero-order valence-electron chi connectivity index (χ0n) is 18.8. The summed E-state index contributed by atoms with van der Waals surface area (Å²) in [5, 5.41) is 7.95. The Morgan fingerprint density at radius 2 is 1.97 bits per heavy atom. The Kier molecular flexibility index (Phi) is 6.96. The van der Waals surface area contributed by atoms with Crippen LogP contribution in [0, 0.1) is 17.3 Å². The molecule has 2 fully saturated rings. The van der Waals surface area contributed by atoms with Gasteiger partial charge in [0.25, 0.3) is 5.91 Å². The number of ether oxygens (including phenoxy) is 3. The highest BCUT2D eigenvalue weighted by molar-refractivity contribution is 5.94. The number of rotatable bonds is 6.